The first-order chi connectivity index (χ1) is 17.0. The maximum atomic E-state index is 13.5. The van der Waals surface area contributed by atoms with E-state index in [1.54, 1.807) is 30.5 Å². The fourth-order valence-electron chi connectivity index (χ4n) is 4.30. The van der Waals surface area contributed by atoms with E-state index in [4.69, 9.17) is 9.15 Å². The average molecular weight is 492 g/mol. The van der Waals surface area contributed by atoms with Crippen molar-refractivity contribution in [3.63, 3.8) is 0 Å². The molecule has 0 saturated carbocycles. The highest BCUT2D eigenvalue weighted by Crippen LogP contribution is 2.32. The summed E-state index contributed by atoms with van der Waals surface area (Å²) >= 11 is 0. The first kappa shape index (κ1) is 23.1. The lowest BCUT2D eigenvalue weighted by atomic mass is 10.1. The number of nitrogens with zero attached hydrogens (tertiary/aromatic N) is 2. The number of anilines is 1. The van der Waals surface area contributed by atoms with Gasteiger partial charge in [-0.3, -0.25) is 4.79 Å². The van der Waals surface area contributed by atoms with E-state index in [1.165, 1.54) is 23.5 Å². The number of benzene rings is 2. The summed E-state index contributed by atoms with van der Waals surface area (Å²) in [5, 5.41) is 3.52. The fraction of sp³-hybridized carbons (Fsp3) is 0.231. The average Bonchev–Trinajstić information content (AvgIpc) is 3.43. The Hall–Kier alpha value is -3.69. The predicted octanol–water partition coefficient (Wildman–Crippen LogP) is 4.93. The lowest BCUT2D eigenvalue weighted by Crippen LogP contribution is -2.35. The molecule has 1 N–H and O–H groups in total. The van der Waals surface area contributed by atoms with E-state index in [-0.39, 0.29) is 10.6 Å². The van der Waals surface area contributed by atoms with Crippen LogP contribution in [-0.2, 0) is 10.0 Å². The van der Waals surface area contributed by atoms with Crippen LogP contribution in [0.15, 0.2) is 76.2 Å². The molecule has 8 nitrogen and oxygen atoms in total. The number of pyridine rings is 1. The number of sulfonamides is 1. The smallest absolute Gasteiger partial charge is 0.256 e. The number of piperidine rings is 1. The van der Waals surface area contributed by atoms with Crippen LogP contribution < -0.4 is 10.1 Å². The van der Waals surface area contributed by atoms with Crippen LogP contribution in [0.5, 0.6) is 5.75 Å². The second-order valence-corrected chi connectivity index (χ2v) is 10.3. The van der Waals surface area contributed by atoms with Crippen LogP contribution in [-0.4, -0.2) is 43.8 Å². The molecule has 9 heteroatoms. The Morgan fingerprint density at radius 2 is 1.83 bits per heavy atom. The molecular formula is C26H25N3O5S. The number of aromatic nitrogens is 1. The largest absolute Gasteiger partial charge is 0.495 e. The summed E-state index contributed by atoms with van der Waals surface area (Å²) in [4.78, 5) is 18.2. The summed E-state index contributed by atoms with van der Waals surface area (Å²) in [7, 11) is -2.20. The van der Waals surface area contributed by atoms with E-state index in [1.807, 2.05) is 24.3 Å². The third-order valence-corrected chi connectivity index (χ3v) is 8.00. The molecule has 1 fully saturated rings. The highest BCUT2D eigenvalue weighted by atomic mass is 32.2. The predicted molar refractivity (Wildman–Crippen MR) is 133 cm³/mol. The molecule has 35 heavy (non-hydrogen) atoms. The second-order valence-electron chi connectivity index (χ2n) is 8.33. The van der Waals surface area contributed by atoms with E-state index in [9.17, 15) is 13.2 Å². The van der Waals surface area contributed by atoms with Gasteiger partial charge in [-0.1, -0.05) is 24.6 Å². The Labute approximate surface area is 203 Å². The fourth-order valence-corrected chi connectivity index (χ4v) is 5.85. The van der Waals surface area contributed by atoms with Gasteiger partial charge in [0.05, 0.1) is 35.0 Å². The maximum Gasteiger partial charge on any atom is 0.256 e. The number of hydrogen-bond donors (Lipinski definition) is 1. The Bertz CT molecular complexity index is 1480. The molecule has 0 unspecified atom stereocenters. The molecule has 1 aliphatic heterocycles. The molecule has 0 aliphatic carbocycles. The first-order valence-electron chi connectivity index (χ1n) is 11.4. The van der Waals surface area contributed by atoms with Crippen LogP contribution in [0.1, 0.15) is 29.6 Å². The molecule has 1 aliphatic rings. The number of ether oxygens (including phenoxy) is 1. The van der Waals surface area contributed by atoms with Gasteiger partial charge < -0.3 is 14.5 Å². The van der Waals surface area contributed by atoms with Crippen LogP contribution in [0.25, 0.3) is 22.4 Å². The summed E-state index contributed by atoms with van der Waals surface area (Å²) in [5.41, 5.74) is 1.82. The van der Waals surface area contributed by atoms with Crippen molar-refractivity contribution in [3.8, 4) is 17.2 Å². The summed E-state index contributed by atoms with van der Waals surface area (Å²) in [6, 6.07) is 17.0. The maximum absolute atomic E-state index is 13.5. The van der Waals surface area contributed by atoms with E-state index >= 15 is 0 Å². The van der Waals surface area contributed by atoms with Gasteiger partial charge in [-0.2, -0.15) is 4.31 Å². The third kappa shape index (κ3) is 4.52. The molecule has 1 amide bonds. The monoisotopic (exact) mass is 491 g/mol. The number of para-hydroxylation sites is 1. The number of furan rings is 1. The standard InChI is InChI=1S/C26H25N3O5S/c1-33-24-12-11-18(35(31,32)29-13-5-2-6-14-29)16-22(24)28-26(30)20-17-23(25-10-7-15-34-25)27-21-9-4-3-8-19(20)21/h3-4,7-12,15-17H,2,5-6,13-14H2,1H3,(H,28,30). The molecule has 0 radical (unpaired) electrons. The first-order valence-corrected chi connectivity index (χ1v) is 12.8. The van der Waals surface area contributed by atoms with Gasteiger partial charge in [0.15, 0.2) is 5.76 Å². The van der Waals surface area contributed by atoms with Crippen LogP contribution >= 0.6 is 0 Å². The molecule has 1 saturated heterocycles. The van der Waals surface area contributed by atoms with Gasteiger partial charge >= 0.3 is 0 Å². The van der Waals surface area contributed by atoms with Crippen LogP contribution in [0.2, 0.25) is 0 Å². The molecule has 0 spiro atoms. The number of carbonyl (C=O) groups is 1. The van der Waals surface area contributed by atoms with Crippen molar-refractivity contribution in [2.75, 3.05) is 25.5 Å². The van der Waals surface area contributed by atoms with Crippen molar-refractivity contribution >= 4 is 32.5 Å². The Kier molecular flexibility index (Phi) is 6.27. The molecule has 4 aromatic rings. The van der Waals surface area contributed by atoms with Crippen molar-refractivity contribution in [2.45, 2.75) is 24.2 Å². The lowest BCUT2D eigenvalue weighted by Gasteiger charge is -2.26. The van der Waals surface area contributed by atoms with Gasteiger partial charge in [-0.15, -0.1) is 0 Å². The number of fused-ring (bicyclic) bond motifs is 1. The highest BCUT2D eigenvalue weighted by Gasteiger charge is 2.27. The van der Waals surface area contributed by atoms with Crippen molar-refractivity contribution in [2.24, 2.45) is 0 Å². The summed E-state index contributed by atoms with van der Waals surface area (Å²) in [6.07, 6.45) is 4.25. The minimum Gasteiger partial charge on any atom is -0.495 e. The number of rotatable bonds is 6. The molecule has 5 rings (SSSR count). The SMILES string of the molecule is COc1ccc(S(=O)(=O)N2CCCCC2)cc1NC(=O)c1cc(-c2ccco2)nc2ccccc12. The van der Waals surface area contributed by atoms with E-state index in [0.29, 0.717) is 46.8 Å². The van der Waals surface area contributed by atoms with Gasteiger partial charge in [0.25, 0.3) is 5.91 Å². The summed E-state index contributed by atoms with van der Waals surface area (Å²) in [5.74, 6) is 0.486. The van der Waals surface area contributed by atoms with Crippen molar-refractivity contribution in [3.05, 3.63) is 72.5 Å². The number of hydrogen-bond acceptors (Lipinski definition) is 6. The molecule has 2 aromatic heterocycles. The van der Waals surface area contributed by atoms with Gasteiger partial charge in [-0.25, -0.2) is 13.4 Å². The zero-order valence-electron chi connectivity index (χ0n) is 19.2. The minimum atomic E-state index is -3.68. The lowest BCUT2D eigenvalue weighted by molar-refractivity contribution is 0.102. The van der Waals surface area contributed by atoms with E-state index < -0.39 is 15.9 Å². The highest BCUT2D eigenvalue weighted by molar-refractivity contribution is 7.89. The molecular weight excluding hydrogens is 466 g/mol. The molecule has 3 heterocycles. The van der Waals surface area contributed by atoms with E-state index in [0.717, 1.165) is 19.3 Å². The Balaban J connectivity index is 1.53. The normalized spacial score (nSPS) is 14.7. The number of nitrogens with one attached hydrogen (secondary N) is 1. The number of carbonyl (C=O) groups excluding carboxylic acids is 1. The van der Waals surface area contributed by atoms with Gasteiger partial charge in [0.2, 0.25) is 10.0 Å². The zero-order valence-corrected chi connectivity index (χ0v) is 20.0. The summed E-state index contributed by atoms with van der Waals surface area (Å²) in [6.45, 7) is 0.989. The second kappa shape index (κ2) is 9.52. The topological polar surface area (TPSA) is 102 Å². The molecule has 0 atom stereocenters. The van der Waals surface area contributed by atoms with Crippen LogP contribution in [0.4, 0.5) is 5.69 Å². The number of amides is 1. The Morgan fingerprint density at radius 3 is 2.57 bits per heavy atom. The number of methoxy groups -OCH3 is 1. The van der Waals surface area contributed by atoms with Crippen molar-refractivity contribution < 1.29 is 22.4 Å². The molecule has 0 bridgehead atoms. The van der Waals surface area contributed by atoms with E-state index in [2.05, 4.69) is 10.3 Å². The van der Waals surface area contributed by atoms with Crippen molar-refractivity contribution in [1.82, 2.24) is 9.29 Å². The van der Waals surface area contributed by atoms with Crippen molar-refractivity contribution in [1.29, 1.82) is 0 Å². The summed E-state index contributed by atoms with van der Waals surface area (Å²) < 4.78 is 38.8. The van der Waals surface area contributed by atoms with Gasteiger partial charge in [0.1, 0.15) is 11.4 Å². The Morgan fingerprint density at radius 1 is 1.03 bits per heavy atom. The third-order valence-electron chi connectivity index (χ3n) is 6.11. The molecule has 2 aromatic carbocycles. The van der Waals surface area contributed by atoms with Gasteiger partial charge in [-0.05, 0) is 55.3 Å². The quantitative estimate of drug-likeness (QED) is 0.410. The molecule has 180 valence electrons. The van der Waals surface area contributed by atoms with Crippen LogP contribution in [0.3, 0.4) is 0 Å². The van der Waals surface area contributed by atoms with Gasteiger partial charge in [0, 0.05) is 18.5 Å². The zero-order chi connectivity index (χ0) is 24.4. The minimum absolute atomic E-state index is 0.117. The van der Waals surface area contributed by atoms with Crippen LogP contribution in [0, 0.1) is 0 Å².